The first-order chi connectivity index (χ1) is 16.8. The Bertz CT molecular complexity index is 1240. The van der Waals surface area contributed by atoms with E-state index >= 15 is 0 Å². The van der Waals surface area contributed by atoms with Gasteiger partial charge in [0.15, 0.2) is 23.7 Å². The number of nitrogens with one attached hydrogen (secondary N) is 1. The first-order valence-corrected chi connectivity index (χ1v) is 13.1. The molecule has 21 heteroatoms. The summed E-state index contributed by atoms with van der Waals surface area (Å²) in [6, 6.07) is 0. The summed E-state index contributed by atoms with van der Waals surface area (Å²) in [5, 5.41) is 48.9. The number of phosphoric acid groups is 2. The van der Waals surface area contributed by atoms with Crippen LogP contribution in [0.1, 0.15) is 6.23 Å². The molecule has 0 radical (unpaired) electrons. The zero-order chi connectivity index (χ0) is 26.4. The van der Waals surface area contributed by atoms with E-state index in [4.69, 9.17) is 9.47 Å². The van der Waals surface area contributed by atoms with Crippen molar-refractivity contribution in [3.8, 4) is 0 Å². The van der Waals surface area contributed by atoms with Crippen LogP contribution in [-0.4, -0.2) is 111 Å². The fraction of sp³-hybridized carbons (Fsp3) is 0.667. The van der Waals surface area contributed by atoms with Crippen molar-refractivity contribution in [3.05, 3.63) is 23.0 Å². The molecule has 19 nitrogen and oxygen atoms in total. The average molecular weight is 560 g/mol. The zero-order valence-corrected chi connectivity index (χ0v) is 19.6. The highest BCUT2D eigenvalue weighted by atomic mass is 31.3. The Hall–Kier alpha value is -1.67. The Labute approximate surface area is 199 Å². The van der Waals surface area contributed by atoms with Gasteiger partial charge in [0.25, 0.3) is 5.56 Å². The number of aliphatic hydroxyl groups is 5. The summed E-state index contributed by atoms with van der Waals surface area (Å²) in [6.07, 6.45) is -10.5. The second kappa shape index (κ2) is 10.2. The molecule has 36 heavy (non-hydrogen) atoms. The van der Waals surface area contributed by atoms with Gasteiger partial charge in [0, 0.05) is 0 Å². The minimum atomic E-state index is -5.33. The lowest BCUT2D eigenvalue weighted by molar-refractivity contribution is -0.132. The van der Waals surface area contributed by atoms with Crippen molar-refractivity contribution in [2.24, 2.45) is 0 Å². The highest BCUT2D eigenvalue weighted by Gasteiger charge is 2.47. The van der Waals surface area contributed by atoms with Crippen molar-refractivity contribution in [2.75, 3.05) is 13.2 Å². The molecule has 0 bridgehead atoms. The summed E-state index contributed by atoms with van der Waals surface area (Å²) in [5.74, 6) is 0. The summed E-state index contributed by atoms with van der Waals surface area (Å²) >= 11 is 0. The van der Waals surface area contributed by atoms with E-state index < -0.39 is 83.6 Å². The first-order valence-electron chi connectivity index (χ1n) is 10.1. The maximum atomic E-state index is 12.1. The number of phosphoric ester groups is 2. The summed E-state index contributed by atoms with van der Waals surface area (Å²) in [7, 11) is -10.6. The number of nitrogens with zero attached hydrogens (tertiary/aromatic N) is 3. The smallest absolute Gasteiger partial charge is 0.387 e. The van der Waals surface area contributed by atoms with E-state index in [1.54, 1.807) is 0 Å². The Kier molecular flexibility index (Phi) is 7.78. The number of imidazole rings is 1. The van der Waals surface area contributed by atoms with E-state index in [0.717, 1.165) is 17.2 Å². The van der Waals surface area contributed by atoms with Gasteiger partial charge in [-0.25, -0.2) is 19.1 Å². The maximum absolute atomic E-state index is 12.1. The average Bonchev–Trinajstić information content (AvgIpc) is 3.42. The largest absolute Gasteiger partial charge is 0.481 e. The third-order valence-corrected chi connectivity index (χ3v) is 7.93. The summed E-state index contributed by atoms with van der Waals surface area (Å²) < 4.78 is 48.6. The molecule has 3 unspecified atom stereocenters. The number of aromatic nitrogens is 4. The molecule has 2 aromatic heterocycles. The van der Waals surface area contributed by atoms with Gasteiger partial charge in [0.2, 0.25) is 0 Å². The van der Waals surface area contributed by atoms with Crippen LogP contribution in [-0.2, 0) is 32.0 Å². The lowest BCUT2D eigenvalue weighted by Gasteiger charge is -2.20. The Morgan fingerprint density at radius 2 is 1.50 bits per heavy atom. The van der Waals surface area contributed by atoms with Crippen LogP contribution in [0, 0.1) is 0 Å². The van der Waals surface area contributed by atoms with Gasteiger partial charge in [-0.3, -0.25) is 18.4 Å². The van der Waals surface area contributed by atoms with Gasteiger partial charge in [-0.1, -0.05) is 0 Å². The SMILES string of the molecule is O=c1[nH]cnc2c1ncn2[C@@H]1O[C@H](COP(=O)(O)OP(=O)(O)OC[C@H]2OC(O)[C@H](O)[C@@H]2O)[C@@H](O)[C@H]1O. The van der Waals surface area contributed by atoms with Gasteiger partial charge in [-0.05, 0) is 0 Å². The van der Waals surface area contributed by atoms with Gasteiger partial charge in [0.05, 0.1) is 25.9 Å². The normalized spacial score (nSPS) is 36.2. The van der Waals surface area contributed by atoms with Crippen LogP contribution in [0.3, 0.4) is 0 Å². The van der Waals surface area contributed by atoms with Crippen LogP contribution in [0.5, 0.6) is 0 Å². The number of hydrogen-bond acceptors (Lipinski definition) is 15. The van der Waals surface area contributed by atoms with Crippen LogP contribution in [0.15, 0.2) is 17.4 Å². The summed E-state index contributed by atoms with van der Waals surface area (Å²) in [5.41, 5.74) is -0.626. The minimum Gasteiger partial charge on any atom is -0.387 e. The molecule has 2 saturated heterocycles. The van der Waals surface area contributed by atoms with E-state index in [-0.39, 0.29) is 11.2 Å². The molecule has 2 aliphatic heterocycles. The number of rotatable bonds is 9. The molecule has 2 aromatic rings. The molecule has 0 saturated carbocycles. The zero-order valence-electron chi connectivity index (χ0n) is 17.8. The van der Waals surface area contributed by atoms with Crippen LogP contribution >= 0.6 is 15.6 Å². The monoisotopic (exact) mass is 560 g/mol. The number of H-pyrrole nitrogens is 1. The van der Waals surface area contributed by atoms with Gasteiger partial charge in [-0.15, -0.1) is 0 Å². The number of hydrogen-bond donors (Lipinski definition) is 8. The Morgan fingerprint density at radius 3 is 2.08 bits per heavy atom. The highest BCUT2D eigenvalue weighted by molar-refractivity contribution is 7.61. The van der Waals surface area contributed by atoms with Gasteiger partial charge in [-0.2, -0.15) is 4.31 Å². The molecular weight excluding hydrogens is 538 g/mol. The number of aromatic amines is 1. The third kappa shape index (κ3) is 5.59. The van der Waals surface area contributed by atoms with Crippen molar-refractivity contribution in [1.82, 2.24) is 19.5 Å². The molecule has 2 fully saturated rings. The molecule has 8 N–H and O–H groups in total. The maximum Gasteiger partial charge on any atom is 0.481 e. The molecule has 202 valence electrons. The van der Waals surface area contributed by atoms with E-state index in [1.807, 2.05) is 0 Å². The third-order valence-electron chi connectivity index (χ3n) is 5.32. The Balaban J connectivity index is 1.34. The van der Waals surface area contributed by atoms with Crippen molar-refractivity contribution < 1.29 is 67.3 Å². The van der Waals surface area contributed by atoms with Gasteiger partial charge in [0.1, 0.15) is 36.6 Å². The molecule has 0 aliphatic carbocycles. The van der Waals surface area contributed by atoms with Crippen LogP contribution in [0.2, 0.25) is 0 Å². The van der Waals surface area contributed by atoms with Crippen molar-refractivity contribution in [3.63, 3.8) is 0 Å². The van der Waals surface area contributed by atoms with E-state index in [1.165, 1.54) is 0 Å². The van der Waals surface area contributed by atoms with Crippen molar-refractivity contribution in [1.29, 1.82) is 0 Å². The van der Waals surface area contributed by atoms with Crippen LogP contribution in [0.4, 0.5) is 0 Å². The lowest BCUT2D eigenvalue weighted by atomic mass is 10.1. The quantitative estimate of drug-likeness (QED) is 0.138. The highest BCUT2D eigenvalue weighted by Crippen LogP contribution is 2.60. The molecular formula is C15H22N4O15P2. The molecule has 0 aromatic carbocycles. The lowest BCUT2D eigenvalue weighted by Crippen LogP contribution is -2.34. The predicted octanol–water partition coefficient (Wildman–Crippen LogP) is -3.57. The van der Waals surface area contributed by atoms with Crippen LogP contribution in [0.25, 0.3) is 11.2 Å². The standard InChI is InChI=1S/C15H22N4O15P2/c20-8-5(32-14(10(8)22)19-4-18-7-12(19)16-3-17-13(7)24)1-30-35(26,27)34-36(28,29)31-2-6-9(21)11(23)15(25)33-6/h3-6,8-11,14-15,20-23,25H,1-2H2,(H,26,27)(H,28,29)(H,16,17,24)/t5-,6-,8-,9-,10-,11-,14-,15?/m1/s1. The van der Waals surface area contributed by atoms with Crippen molar-refractivity contribution >= 4 is 26.8 Å². The fourth-order valence-electron chi connectivity index (χ4n) is 3.53. The van der Waals surface area contributed by atoms with E-state index in [0.29, 0.717) is 0 Å². The molecule has 0 amide bonds. The summed E-state index contributed by atoms with van der Waals surface area (Å²) in [4.78, 5) is 41.4. The summed E-state index contributed by atoms with van der Waals surface area (Å²) in [6.45, 7) is -1.83. The van der Waals surface area contributed by atoms with E-state index in [2.05, 4.69) is 28.3 Å². The topological polar surface area (TPSA) is 285 Å². The number of aliphatic hydroxyl groups excluding tert-OH is 5. The molecule has 10 atom stereocenters. The van der Waals surface area contributed by atoms with Gasteiger partial charge < -0.3 is 49.8 Å². The van der Waals surface area contributed by atoms with Crippen LogP contribution < -0.4 is 5.56 Å². The second-order valence-electron chi connectivity index (χ2n) is 7.76. The Morgan fingerprint density at radius 1 is 0.917 bits per heavy atom. The number of fused-ring (bicyclic) bond motifs is 1. The van der Waals surface area contributed by atoms with Gasteiger partial charge >= 0.3 is 15.6 Å². The van der Waals surface area contributed by atoms with E-state index in [9.17, 15) is 49.2 Å². The molecule has 4 rings (SSSR count). The number of ether oxygens (including phenoxy) is 2. The first kappa shape index (κ1) is 27.4. The molecule has 2 aliphatic rings. The van der Waals surface area contributed by atoms with Crippen molar-refractivity contribution in [2.45, 2.75) is 49.1 Å². The fourth-order valence-corrected chi connectivity index (χ4v) is 5.62. The predicted molar refractivity (Wildman–Crippen MR) is 110 cm³/mol. The molecule has 0 spiro atoms. The minimum absolute atomic E-state index is 0.0162. The second-order valence-corrected chi connectivity index (χ2v) is 10.8. The molecule has 4 heterocycles.